The Labute approximate surface area is 167 Å². The van der Waals surface area contributed by atoms with E-state index in [-0.39, 0.29) is 6.10 Å². The number of hydrogen-bond donors (Lipinski definition) is 0. The van der Waals surface area contributed by atoms with Gasteiger partial charge in [0.25, 0.3) is 5.89 Å². The number of ether oxygens (including phenoxy) is 2. The van der Waals surface area contributed by atoms with Crippen LogP contribution in [-0.2, 0) is 17.9 Å². The predicted octanol–water partition coefficient (Wildman–Crippen LogP) is 3.67. The van der Waals surface area contributed by atoms with Gasteiger partial charge in [-0.1, -0.05) is 17.3 Å². The molecule has 0 aliphatic carbocycles. The minimum atomic E-state index is -0.0698. The van der Waals surface area contributed by atoms with Crippen LogP contribution in [0.25, 0.3) is 23.0 Å². The Morgan fingerprint density at radius 3 is 2.90 bits per heavy atom. The van der Waals surface area contributed by atoms with E-state index >= 15 is 0 Å². The first-order valence-corrected chi connectivity index (χ1v) is 9.45. The standard InChI is InChI=1S/C21H19N5O3/c1-2-27-17-7-5-14(6-8-17)19-12-26-16(13-28-19)10-18(24-26)21-23-20(25-29-21)15-4-3-9-22-11-15/h3-11,19H,2,12-13H2,1H3. The third kappa shape index (κ3) is 3.50. The Balaban J connectivity index is 1.35. The molecule has 0 amide bonds. The summed E-state index contributed by atoms with van der Waals surface area (Å²) in [7, 11) is 0. The van der Waals surface area contributed by atoms with E-state index < -0.39 is 0 Å². The normalized spacial score (nSPS) is 15.8. The fraction of sp³-hybridized carbons (Fsp3) is 0.238. The summed E-state index contributed by atoms with van der Waals surface area (Å²) < 4.78 is 18.9. The first kappa shape index (κ1) is 17.6. The van der Waals surface area contributed by atoms with Crippen LogP contribution in [0.3, 0.4) is 0 Å². The molecule has 0 fully saturated rings. The van der Waals surface area contributed by atoms with Crippen molar-refractivity contribution in [2.45, 2.75) is 26.2 Å². The molecule has 3 aromatic heterocycles. The van der Waals surface area contributed by atoms with Gasteiger partial charge in [-0.15, -0.1) is 0 Å². The lowest BCUT2D eigenvalue weighted by Crippen LogP contribution is -2.21. The fourth-order valence-electron chi connectivity index (χ4n) is 3.32. The zero-order chi connectivity index (χ0) is 19.6. The van der Waals surface area contributed by atoms with Crippen molar-refractivity contribution in [2.75, 3.05) is 6.61 Å². The van der Waals surface area contributed by atoms with Gasteiger partial charge in [-0.3, -0.25) is 9.67 Å². The number of fused-ring (bicyclic) bond motifs is 1. The van der Waals surface area contributed by atoms with Gasteiger partial charge in [-0.2, -0.15) is 10.1 Å². The van der Waals surface area contributed by atoms with Gasteiger partial charge in [0.05, 0.1) is 25.5 Å². The van der Waals surface area contributed by atoms with Gasteiger partial charge in [0.15, 0.2) is 5.69 Å². The summed E-state index contributed by atoms with van der Waals surface area (Å²) in [5.74, 6) is 1.72. The van der Waals surface area contributed by atoms with Crippen LogP contribution in [0.4, 0.5) is 0 Å². The molecule has 0 saturated carbocycles. The first-order valence-electron chi connectivity index (χ1n) is 9.45. The molecule has 1 aliphatic heterocycles. The molecule has 8 heteroatoms. The molecule has 1 aromatic carbocycles. The van der Waals surface area contributed by atoms with E-state index in [0.29, 0.717) is 37.2 Å². The lowest BCUT2D eigenvalue weighted by atomic mass is 10.1. The summed E-state index contributed by atoms with van der Waals surface area (Å²) in [6.07, 6.45) is 3.33. The highest BCUT2D eigenvalue weighted by Crippen LogP contribution is 2.30. The summed E-state index contributed by atoms with van der Waals surface area (Å²) >= 11 is 0. The average molecular weight is 389 g/mol. The quantitative estimate of drug-likeness (QED) is 0.515. The first-order chi connectivity index (χ1) is 14.3. The maximum Gasteiger partial charge on any atom is 0.278 e. The molecular formula is C21H19N5O3. The van der Waals surface area contributed by atoms with Gasteiger partial charge in [0.1, 0.15) is 11.9 Å². The second-order valence-electron chi connectivity index (χ2n) is 6.67. The SMILES string of the molecule is CCOc1ccc(C2Cn3nc(-c4nc(-c5cccnc5)no4)cc3CO2)cc1. The number of benzene rings is 1. The Morgan fingerprint density at radius 2 is 2.10 bits per heavy atom. The Morgan fingerprint density at radius 1 is 1.21 bits per heavy atom. The average Bonchev–Trinajstić information content (AvgIpc) is 3.42. The third-order valence-corrected chi connectivity index (χ3v) is 4.76. The fourth-order valence-corrected chi connectivity index (χ4v) is 3.32. The highest BCUT2D eigenvalue weighted by Gasteiger charge is 2.24. The molecule has 5 rings (SSSR count). The summed E-state index contributed by atoms with van der Waals surface area (Å²) in [4.78, 5) is 8.53. The molecule has 4 aromatic rings. The van der Waals surface area contributed by atoms with Gasteiger partial charge in [-0.05, 0) is 42.8 Å². The maximum atomic E-state index is 6.04. The van der Waals surface area contributed by atoms with Crippen LogP contribution < -0.4 is 4.74 Å². The minimum Gasteiger partial charge on any atom is -0.494 e. The monoisotopic (exact) mass is 389 g/mol. The molecule has 146 valence electrons. The van der Waals surface area contributed by atoms with E-state index in [2.05, 4.69) is 20.2 Å². The molecule has 0 saturated heterocycles. The lowest BCUT2D eigenvalue weighted by Gasteiger charge is -2.24. The van der Waals surface area contributed by atoms with Gasteiger partial charge in [0.2, 0.25) is 5.82 Å². The minimum absolute atomic E-state index is 0.0698. The topological polar surface area (TPSA) is 88.1 Å². The smallest absolute Gasteiger partial charge is 0.278 e. The van der Waals surface area contributed by atoms with E-state index in [9.17, 15) is 0 Å². The van der Waals surface area contributed by atoms with Crippen LogP contribution in [0.1, 0.15) is 24.3 Å². The van der Waals surface area contributed by atoms with Crippen LogP contribution in [0, 0.1) is 0 Å². The van der Waals surface area contributed by atoms with Crippen molar-refractivity contribution >= 4 is 0 Å². The molecule has 29 heavy (non-hydrogen) atoms. The van der Waals surface area contributed by atoms with E-state index in [1.165, 1.54) is 0 Å². The second-order valence-corrected chi connectivity index (χ2v) is 6.67. The number of rotatable bonds is 5. The van der Waals surface area contributed by atoms with Crippen molar-refractivity contribution in [2.24, 2.45) is 0 Å². The summed E-state index contributed by atoms with van der Waals surface area (Å²) in [6, 6.07) is 13.6. The molecule has 0 spiro atoms. The van der Waals surface area contributed by atoms with Crippen molar-refractivity contribution < 1.29 is 14.0 Å². The Bertz CT molecular complexity index is 1110. The third-order valence-electron chi connectivity index (χ3n) is 4.76. The van der Waals surface area contributed by atoms with Crippen molar-refractivity contribution in [3.63, 3.8) is 0 Å². The number of pyridine rings is 1. The molecular weight excluding hydrogens is 370 g/mol. The van der Waals surface area contributed by atoms with Crippen LogP contribution in [-0.4, -0.2) is 31.5 Å². The largest absolute Gasteiger partial charge is 0.494 e. The van der Waals surface area contributed by atoms with Crippen molar-refractivity contribution in [3.05, 3.63) is 66.1 Å². The molecule has 0 N–H and O–H groups in total. The molecule has 1 unspecified atom stereocenters. The Hall–Kier alpha value is -3.52. The molecule has 4 heterocycles. The van der Waals surface area contributed by atoms with Gasteiger partial charge < -0.3 is 14.0 Å². The summed E-state index contributed by atoms with van der Waals surface area (Å²) in [6.45, 7) is 3.70. The second kappa shape index (κ2) is 7.48. The van der Waals surface area contributed by atoms with Crippen LogP contribution in [0.15, 0.2) is 59.4 Å². The number of hydrogen-bond acceptors (Lipinski definition) is 7. The predicted molar refractivity (Wildman–Crippen MR) is 104 cm³/mol. The highest BCUT2D eigenvalue weighted by molar-refractivity contribution is 5.56. The summed E-state index contributed by atoms with van der Waals surface area (Å²) in [5, 5.41) is 8.69. The molecule has 0 radical (unpaired) electrons. The maximum absolute atomic E-state index is 6.04. The van der Waals surface area contributed by atoms with E-state index in [1.807, 2.05) is 54.1 Å². The van der Waals surface area contributed by atoms with Crippen LogP contribution in [0.2, 0.25) is 0 Å². The van der Waals surface area contributed by atoms with Crippen molar-refractivity contribution in [3.8, 4) is 28.7 Å². The molecule has 0 bridgehead atoms. The zero-order valence-electron chi connectivity index (χ0n) is 15.9. The number of nitrogens with zero attached hydrogens (tertiary/aromatic N) is 5. The van der Waals surface area contributed by atoms with Crippen LogP contribution in [0.5, 0.6) is 5.75 Å². The Kier molecular flexibility index (Phi) is 4.53. The van der Waals surface area contributed by atoms with Crippen LogP contribution >= 0.6 is 0 Å². The van der Waals surface area contributed by atoms with Crippen molar-refractivity contribution in [1.82, 2.24) is 24.9 Å². The zero-order valence-corrected chi connectivity index (χ0v) is 15.9. The summed E-state index contributed by atoms with van der Waals surface area (Å²) in [5.41, 5.74) is 3.50. The van der Waals surface area contributed by atoms with Gasteiger partial charge >= 0.3 is 0 Å². The lowest BCUT2D eigenvalue weighted by molar-refractivity contribution is -0.00115. The van der Waals surface area contributed by atoms with Gasteiger partial charge in [0, 0.05) is 18.0 Å². The number of aromatic nitrogens is 5. The van der Waals surface area contributed by atoms with Gasteiger partial charge in [-0.25, -0.2) is 0 Å². The highest BCUT2D eigenvalue weighted by atomic mass is 16.5. The van der Waals surface area contributed by atoms with Crippen molar-refractivity contribution in [1.29, 1.82) is 0 Å². The molecule has 1 atom stereocenters. The molecule has 1 aliphatic rings. The van der Waals surface area contributed by atoms with E-state index in [4.69, 9.17) is 14.0 Å². The molecule has 8 nitrogen and oxygen atoms in total. The van der Waals surface area contributed by atoms with E-state index in [1.54, 1.807) is 12.4 Å². The van der Waals surface area contributed by atoms with E-state index in [0.717, 1.165) is 22.6 Å².